The summed E-state index contributed by atoms with van der Waals surface area (Å²) in [6.45, 7) is 9.31. The molecule has 4 aromatic rings. The minimum atomic E-state index is -0.787. The SMILES string of the molecule is Cc1nn([C@@H](C)[C@H](C)O)cc1N1C[C@H](C)C[C@H](c2nc3c4cc(F)cc(F)c4nc(N)n3n2)C1. The van der Waals surface area contributed by atoms with Crippen LogP contribution in [0.2, 0.25) is 0 Å². The summed E-state index contributed by atoms with van der Waals surface area (Å²) in [5.41, 5.74) is 8.19. The van der Waals surface area contributed by atoms with E-state index >= 15 is 0 Å². The highest BCUT2D eigenvalue weighted by atomic mass is 19.1. The zero-order valence-corrected chi connectivity index (χ0v) is 19.6. The van der Waals surface area contributed by atoms with Gasteiger partial charge in [-0.1, -0.05) is 6.92 Å². The van der Waals surface area contributed by atoms with Crippen LogP contribution < -0.4 is 10.6 Å². The number of nitrogen functional groups attached to an aromatic ring is 1. The minimum absolute atomic E-state index is 0.00305. The monoisotopic (exact) mass is 470 g/mol. The quantitative estimate of drug-likeness (QED) is 0.471. The number of hydrogen-bond acceptors (Lipinski definition) is 7. The molecule has 1 fully saturated rings. The van der Waals surface area contributed by atoms with E-state index in [0.29, 0.717) is 18.3 Å². The van der Waals surface area contributed by atoms with Gasteiger partial charge < -0.3 is 15.7 Å². The van der Waals surface area contributed by atoms with Gasteiger partial charge in [-0.05, 0) is 39.2 Å². The number of fused-ring (bicyclic) bond motifs is 3. The molecule has 9 nitrogen and oxygen atoms in total. The largest absolute Gasteiger partial charge is 0.391 e. The Balaban J connectivity index is 1.52. The third-order valence-electron chi connectivity index (χ3n) is 6.71. The lowest BCUT2D eigenvalue weighted by Crippen LogP contribution is -2.39. The van der Waals surface area contributed by atoms with Crippen molar-refractivity contribution in [1.29, 1.82) is 0 Å². The lowest BCUT2D eigenvalue weighted by atomic mass is 9.89. The molecule has 1 saturated heterocycles. The van der Waals surface area contributed by atoms with Crippen LogP contribution in [0.3, 0.4) is 0 Å². The number of aliphatic hydroxyl groups is 1. The minimum Gasteiger partial charge on any atom is -0.391 e. The Labute approximate surface area is 195 Å². The molecule has 5 rings (SSSR count). The van der Waals surface area contributed by atoms with E-state index in [4.69, 9.17) is 5.73 Å². The van der Waals surface area contributed by atoms with Gasteiger partial charge in [0, 0.05) is 31.3 Å². The van der Waals surface area contributed by atoms with Gasteiger partial charge >= 0.3 is 0 Å². The van der Waals surface area contributed by atoms with Gasteiger partial charge in [-0.25, -0.2) is 18.7 Å². The van der Waals surface area contributed by atoms with Crippen LogP contribution in [0.1, 0.15) is 50.7 Å². The van der Waals surface area contributed by atoms with Crippen LogP contribution in [0, 0.1) is 24.5 Å². The van der Waals surface area contributed by atoms with Gasteiger partial charge in [0.15, 0.2) is 17.3 Å². The topological polar surface area (TPSA) is 110 Å². The molecule has 11 heteroatoms. The van der Waals surface area contributed by atoms with E-state index in [0.717, 1.165) is 30.4 Å². The first-order valence-corrected chi connectivity index (χ1v) is 11.4. The summed E-state index contributed by atoms with van der Waals surface area (Å²) < 4.78 is 31.4. The summed E-state index contributed by atoms with van der Waals surface area (Å²) in [5, 5.41) is 19.4. The molecule has 180 valence electrons. The number of nitrogens with two attached hydrogens (primary N) is 1. The fraction of sp³-hybridized carbons (Fsp3) is 0.478. The lowest BCUT2D eigenvalue weighted by molar-refractivity contribution is 0.132. The molecule has 0 amide bonds. The fourth-order valence-corrected chi connectivity index (χ4v) is 4.79. The number of aromatic nitrogens is 6. The van der Waals surface area contributed by atoms with Crippen LogP contribution in [-0.2, 0) is 0 Å². The molecule has 3 aromatic heterocycles. The van der Waals surface area contributed by atoms with Gasteiger partial charge in [0.1, 0.15) is 11.3 Å². The maximum Gasteiger partial charge on any atom is 0.223 e. The van der Waals surface area contributed by atoms with Crippen LogP contribution in [-0.4, -0.2) is 53.7 Å². The number of rotatable bonds is 4. The summed E-state index contributed by atoms with van der Waals surface area (Å²) in [6.07, 6.45) is 2.31. The van der Waals surface area contributed by atoms with Crippen LogP contribution in [0.4, 0.5) is 20.4 Å². The Bertz CT molecular complexity index is 1380. The van der Waals surface area contributed by atoms with Crippen molar-refractivity contribution in [2.24, 2.45) is 5.92 Å². The predicted octanol–water partition coefficient (Wildman–Crippen LogP) is 3.21. The Kier molecular flexibility index (Phi) is 5.38. The number of aryl methyl sites for hydroxylation is 1. The van der Waals surface area contributed by atoms with Gasteiger partial charge in [-0.3, -0.25) is 4.68 Å². The van der Waals surface area contributed by atoms with E-state index in [-0.39, 0.29) is 34.5 Å². The first-order valence-electron chi connectivity index (χ1n) is 11.4. The zero-order valence-electron chi connectivity index (χ0n) is 19.6. The Hall–Kier alpha value is -3.34. The highest BCUT2D eigenvalue weighted by molar-refractivity contribution is 5.92. The van der Waals surface area contributed by atoms with Gasteiger partial charge in [-0.2, -0.15) is 9.61 Å². The number of piperidine rings is 1. The van der Waals surface area contributed by atoms with Crippen LogP contribution >= 0.6 is 0 Å². The van der Waals surface area contributed by atoms with Gasteiger partial charge in [-0.15, -0.1) is 5.10 Å². The van der Waals surface area contributed by atoms with E-state index < -0.39 is 17.7 Å². The average molecular weight is 471 g/mol. The second kappa shape index (κ2) is 8.15. The summed E-state index contributed by atoms with van der Waals surface area (Å²) in [7, 11) is 0. The van der Waals surface area contributed by atoms with Crippen molar-refractivity contribution in [2.45, 2.75) is 52.2 Å². The molecule has 34 heavy (non-hydrogen) atoms. The highest BCUT2D eigenvalue weighted by Crippen LogP contribution is 2.34. The molecule has 4 heterocycles. The van der Waals surface area contributed by atoms with Crippen LogP contribution in [0.15, 0.2) is 18.3 Å². The molecule has 3 N–H and O–H groups in total. The van der Waals surface area contributed by atoms with E-state index in [9.17, 15) is 13.9 Å². The standard InChI is InChI=1S/C23H28F2N8O/c1-11-5-15(9-31(8-11)19-10-32(29-12(19)2)13(3)14(4)34)21-28-22-17-6-16(24)7-18(25)20(17)27-23(26)33(22)30-21/h6-7,10-11,13-15,34H,5,8-9H2,1-4H3,(H2,26,27)/t11-,13+,14+,15+/m1/s1. The summed E-state index contributed by atoms with van der Waals surface area (Å²) in [4.78, 5) is 11.0. The van der Waals surface area contributed by atoms with Crippen molar-refractivity contribution < 1.29 is 13.9 Å². The van der Waals surface area contributed by atoms with E-state index in [2.05, 4.69) is 32.0 Å². The predicted molar refractivity (Wildman–Crippen MR) is 125 cm³/mol. The second-order valence-corrected chi connectivity index (χ2v) is 9.46. The van der Waals surface area contributed by atoms with Gasteiger partial charge in [0.05, 0.1) is 28.9 Å². The fourth-order valence-electron chi connectivity index (χ4n) is 4.79. The molecular formula is C23H28F2N8O. The third kappa shape index (κ3) is 3.73. The molecular weight excluding hydrogens is 442 g/mol. The molecule has 1 aromatic carbocycles. The lowest BCUT2D eigenvalue weighted by Gasteiger charge is -2.36. The molecule has 0 spiro atoms. The van der Waals surface area contributed by atoms with E-state index in [1.54, 1.807) is 11.6 Å². The average Bonchev–Trinajstić information content (AvgIpc) is 3.38. The molecule has 0 aliphatic carbocycles. The number of benzene rings is 1. The Morgan fingerprint density at radius 1 is 1.15 bits per heavy atom. The van der Waals surface area contributed by atoms with Crippen molar-refractivity contribution in [3.63, 3.8) is 0 Å². The Morgan fingerprint density at radius 3 is 2.65 bits per heavy atom. The van der Waals surface area contributed by atoms with E-state index in [1.807, 2.05) is 20.0 Å². The number of aliphatic hydroxyl groups excluding tert-OH is 1. The third-order valence-corrected chi connectivity index (χ3v) is 6.71. The van der Waals surface area contributed by atoms with Gasteiger partial charge in [0.2, 0.25) is 5.95 Å². The van der Waals surface area contributed by atoms with Crippen molar-refractivity contribution in [1.82, 2.24) is 29.4 Å². The molecule has 4 atom stereocenters. The number of anilines is 2. The number of nitrogens with zero attached hydrogens (tertiary/aromatic N) is 7. The number of halogens is 2. The maximum absolute atomic E-state index is 14.3. The molecule has 0 bridgehead atoms. The zero-order chi connectivity index (χ0) is 24.3. The molecule has 1 aliphatic rings. The molecule has 0 saturated carbocycles. The van der Waals surface area contributed by atoms with Crippen molar-refractivity contribution in [3.8, 4) is 0 Å². The second-order valence-electron chi connectivity index (χ2n) is 9.46. The van der Waals surface area contributed by atoms with Crippen molar-refractivity contribution >= 4 is 28.2 Å². The van der Waals surface area contributed by atoms with E-state index in [1.165, 1.54) is 10.6 Å². The van der Waals surface area contributed by atoms with Crippen molar-refractivity contribution in [2.75, 3.05) is 23.7 Å². The first-order chi connectivity index (χ1) is 16.1. The highest BCUT2D eigenvalue weighted by Gasteiger charge is 2.31. The summed E-state index contributed by atoms with van der Waals surface area (Å²) in [5.74, 6) is -0.608. The maximum atomic E-state index is 14.3. The molecule has 0 unspecified atom stereocenters. The molecule has 0 radical (unpaired) electrons. The smallest absolute Gasteiger partial charge is 0.223 e. The number of hydrogen-bond donors (Lipinski definition) is 2. The summed E-state index contributed by atoms with van der Waals surface area (Å²) in [6, 6.07) is 1.84. The van der Waals surface area contributed by atoms with Crippen LogP contribution in [0.5, 0.6) is 0 Å². The molecule has 1 aliphatic heterocycles. The Morgan fingerprint density at radius 2 is 1.91 bits per heavy atom. The van der Waals surface area contributed by atoms with Crippen molar-refractivity contribution in [3.05, 3.63) is 41.5 Å². The normalized spacial score (nSPS) is 20.9. The summed E-state index contributed by atoms with van der Waals surface area (Å²) >= 11 is 0. The van der Waals surface area contributed by atoms with Gasteiger partial charge in [0.25, 0.3) is 0 Å². The first kappa shape index (κ1) is 22.5. The van der Waals surface area contributed by atoms with Crippen LogP contribution in [0.25, 0.3) is 16.6 Å².